The molecule has 2 N–H and O–H groups in total. The van der Waals surface area contributed by atoms with Gasteiger partial charge in [0.15, 0.2) is 0 Å². The number of primary sulfonamides is 1. The van der Waals surface area contributed by atoms with Crippen molar-refractivity contribution in [2.45, 2.75) is 26.7 Å². The molecule has 0 heterocycles. The predicted molar refractivity (Wildman–Crippen MR) is 53.0 cm³/mol. The summed E-state index contributed by atoms with van der Waals surface area (Å²) in [5, 5.41) is 4.77. The van der Waals surface area contributed by atoms with E-state index < -0.39 is 10.0 Å². The molecule has 5 nitrogen and oxygen atoms in total. The fourth-order valence-corrected chi connectivity index (χ4v) is 1.26. The lowest BCUT2D eigenvalue weighted by Gasteiger charge is -2.08. The van der Waals surface area contributed by atoms with Crippen LogP contribution in [0.15, 0.2) is 0 Å². The Morgan fingerprint density at radius 3 is 2.50 bits per heavy atom. The number of carbonyl (C=O) groups is 1. The van der Waals surface area contributed by atoms with Crippen molar-refractivity contribution < 1.29 is 17.9 Å². The second-order valence-electron chi connectivity index (χ2n) is 3.20. The molecule has 0 saturated carbocycles. The van der Waals surface area contributed by atoms with Gasteiger partial charge in [-0.2, -0.15) is 0 Å². The van der Waals surface area contributed by atoms with Gasteiger partial charge in [-0.3, -0.25) is 4.79 Å². The molecule has 0 aromatic heterocycles. The molecular formula is C8H17NO4S. The summed E-state index contributed by atoms with van der Waals surface area (Å²) in [7, 11) is -3.44. The van der Waals surface area contributed by atoms with Crippen LogP contribution in [-0.2, 0) is 19.6 Å². The fraction of sp³-hybridized carbons (Fsp3) is 0.875. The van der Waals surface area contributed by atoms with Gasteiger partial charge in [0.05, 0.1) is 18.3 Å². The minimum absolute atomic E-state index is 0.111. The van der Waals surface area contributed by atoms with Crippen LogP contribution < -0.4 is 5.14 Å². The number of hydrogen-bond acceptors (Lipinski definition) is 4. The molecule has 0 saturated heterocycles. The highest BCUT2D eigenvalue weighted by Crippen LogP contribution is 2.03. The van der Waals surface area contributed by atoms with Gasteiger partial charge in [-0.25, -0.2) is 13.6 Å². The topological polar surface area (TPSA) is 86.5 Å². The van der Waals surface area contributed by atoms with Crippen molar-refractivity contribution in [3.05, 3.63) is 0 Å². The van der Waals surface area contributed by atoms with E-state index >= 15 is 0 Å². The smallest absolute Gasteiger partial charge is 0.308 e. The molecule has 0 fully saturated rings. The molecule has 84 valence electrons. The van der Waals surface area contributed by atoms with Gasteiger partial charge in [-0.15, -0.1) is 0 Å². The number of nitrogens with two attached hydrogens (primary N) is 1. The normalized spacial score (nSPS) is 13.6. The number of sulfonamides is 1. The molecular weight excluding hydrogens is 206 g/mol. The minimum Gasteiger partial charge on any atom is -0.465 e. The van der Waals surface area contributed by atoms with Gasteiger partial charge in [0.2, 0.25) is 10.0 Å². The molecule has 0 amide bonds. The van der Waals surface area contributed by atoms with Crippen molar-refractivity contribution in [1.82, 2.24) is 0 Å². The number of carbonyl (C=O) groups excluding carboxylic acids is 1. The van der Waals surface area contributed by atoms with Crippen LogP contribution in [0.4, 0.5) is 0 Å². The van der Waals surface area contributed by atoms with E-state index in [2.05, 4.69) is 0 Å². The lowest BCUT2D eigenvalue weighted by molar-refractivity contribution is -0.148. The Labute approximate surface area is 84.7 Å². The Morgan fingerprint density at radius 2 is 2.07 bits per heavy atom. The summed E-state index contributed by atoms with van der Waals surface area (Å²) < 4.78 is 25.8. The second kappa shape index (κ2) is 5.98. The van der Waals surface area contributed by atoms with E-state index in [4.69, 9.17) is 9.88 Å². The van der Waals surface area contributed by atoms with E-state index in [1.54, 1.807) is 6.92 Å². The summed E-state index contributed by atoms with van der Waals surface area (Å²) in [6.45, 7) is 3.76. The highest BCUT2D eigenvalue weighted by molar-refractivity contribution is 7.89. The summed E-state index contributed by atoms with van der Waals surface area (Å²) in [4.78, 5) is 11.1. The van der Waals surface area contributed by atoms with E-state index in [1.165, 1.54) is 0 Å². The van der Waals surface area contributed by atoms with Crippen molar-refractivity contribution in [2.24, 2.45) is 11.1 Å². The molecule has 0 aliphatic carbocycles. The molecule has 6 heteroatoms. The van der Waals surface area contributed by atoms with Crippen molar-refractivity contribution in [2.75, 3.05) is 12.4 Å². The zero-order chi connectivity index (χ0) is 11.2. The quantitative estimate of drug-likeness (QED) is 0.516. The summed E-state index contributed by atoms with van der Waals surface area (Å²) in [6.07, 6.45) is 0.967. The molecule has 0 spiro atoms. The Morgan fingerprint density at radius 1 is 1.50 bits per heavy atom. The Bertz CT molecular complexity index is 273. The first-order valence-electron chi connectivity index (χ1n) is 4.54. The first-order chi connectivity index (χ1) is 6.37. The number of esters is 1. The molecule has 0 aliphatic rings. The van der Waals surface area contributed by atoms with Gasteiger partial charge in [0.25, 0.3) is 0 Å². The zero-order valence-electron chi connectivity index (χ0n) is 8.52. The number of ether oxygens (including phenoxy) is 1. The zero-order valence-corrected chi connectivity index (χ0v) is 9.34. The van der Waals surface area contributed by atoms with Crippen LogP contribution in [0.25, 0.3) is 0 Å². The third-order valence-electron chi connectivity index (χ3n) is 1.83. The standard InChI is InChI=1S/C8H17NO4S/c1-3-7(2)8(10)13-5-4-6-14(9,11)12/h7H,3-6H2,1-2H3,(H2,9,11,12). The van der Waals surface area contributed by atoms with Gasteiger partial charge >= 0.3 is 5.97 Å². The molecule has 0 rings (SSSR count). The number of hydrogen-bond donors (Lipinski definition) is 1. The largest absolute Gasteiger partial charge is 0.465 e. The van der Waals surface area contributed by atoms with Crippen LogP contribution in [-0.4, -0.2) is 26.7 Å². The molecule has 1 unspecified atom stereocenters. The summed E-state index contributed by atoms with van der Waals surface area (Å²) >= 11 is 0. The van der Waals surface area contributed by atoms with Gasteiger partial charge in [0.1, 0.15) is 0 Å². The maximum atomic E-state index is 11.1. The van der Waals surface area contributed by atoms with Gasteiger partial charge in [0, 0.05) is 0 Å². The third-order valence-corrected chi connectivity index (χ3v) is 2.69. The monoisotopic (exact) mass is 223 g/mol. The van der Waals surface area contributed by atoms with E-state index in [0.717, 1.165) is 0 Å². The second-order valence-corrected chi connectivity index (χ2v) is 4.93. The molecule has 1 atom stereocenters. The summed E-state index contributed by atoms with van der Waals surface area (Å²) in [6, 6.07) is 0. The first-order valence-corrected chi connectivity index (χ1v) is 6.25. The van der Waals surface area contributed by atoms with Crippen LogP contribution >= 0.6 is 0 Å². The predicted octanol–water partition coefficient (Wildman–Crippen LogP) is 0.254. The minimum atomic E-state index is -3.44. The van der Waals surface area contributed by atoms with E-state index in [-0.39, 0.29) is 30.7 Å². The molecule has 0 aromatic carbocycles. The SMILES string of the molecule is CCC(C)C(=O)OCCCS(N)(=O)=O. The van der Waals surface area contributed by atoms with E-state index in [9.17, 15) is 13.2 Å². The summed E-state index contributed by atoms with van der Waals surface area (Å²) in [5.41, 5.74) is 0. The van der Waals surface area contributed by atoms with Crippen LogP contribution in [0.1, 0.15) is 26.7 Å². The Hall–Kier alpha value is -0.620. The Balaban J connectivity index is 3.61. The molecule has 0 radical (unpaired) electrons. The van der Waals surface area contributed by atoms with Crippen molar-refractivity contribution in [3.8, 4) is 0 Å². The molecule has 0 bridgehead atoms. The molecule has 0 aromatic rings. The van der Waals surface area contributed by atoms with Crippen LogP contribution in [0, 0.1) is 5.92 Å². The van der Waals surface area contributed by atoms with E-state index in [1.807, 2.05) is 6.92 Å². The van der Waals surface area contributed by atoms with Gasteiger partial charge in [-0.1, -0.05) is 13.8 Å². The van der Waals surface area contributed by atoms with Crippen molar-refractivity contribution >= 4 is 16.0 Å². The fourth-order valence-electron chi connectivity index (χ4n) is 0.742. The average Bonchev–Trinajstić information content (AvgIpc) is 2.09. The highest BCUT2D eigenvalue weighted by Gasteiger charge is 2.11. The Kier molecular flexibility index (Phi) is 5.71. The maximum Gasteiger partial charge on any atom is 0.308 e. The van der Waals surface area contributed by atoms with Crippen LogP contribution in [0.2, 0.25) is 0 Å². The summed E-state index contributed by atoms with van der Waals surface area (Å²) in [5.74, 6) is -0.577. The third kappa shape index (κ3) is 6.85. The lowest BCUT2D eigenvalue weighted by Crippen LogP contribution is -2.20. The van der Waals surface area contributed by atoms with Crippen molar-refractivity contribution in [1.29, 1.82) is 0 Å². The van der Waals surface area contributed by atoms with Gasteiger partial charge < -0.3 is 4.74 Å². The van der Waals surface area contributed by atoms with Gasteiger partial charge in [-0.05, 0) is 12.8 Å². The molecule has 14 heavy (non-hydrogen) atoms. The first kappa shape index (κ1) is 13.4. The van der Waals surface area contributed by atoms with E-state index in [0.29, 0.717) is 6.42 Å². The van der Waals surface area contributed by atoms with Crippen molar-refractivity contribution in [3.63, 3.8) is 0 Å². The lowest BCUT2D eigenvalue weighted by atomic mass is 10.1. The maximum absolute atomic E-state index is 11.1. The average molecular weight is 223 g/mol. The van der Waals surface area contributed by atoms with Crippen LogP contribution in [0.3, 0.4) is 0 Å². The number of rotatable bonds is 6. The van der Waals surface area contributed by atoms with Crippen LogP contribution in [0.5, 0.6) is 0 Å². The highest BCUT2D eigenvalue weighted by atomic mass is 32.2. The molecule has 0 aliphatic heterocycles.